The zero-order chi connectivity index (χ0) is 13.4. The molecule has 0 radical (unpaired) electrons. The molecule has 0 amide bonds. The molecule has 0 aliphatic heterocycles. The molecule has 0 spiro atoms. The summed E-state index contributed by atoms with van der Waals surface area (Å²) in [6, 6.07) is 18.6. The third-order valence-electron chi connectivity index (χ3n) is 3.31. The molecule has 2 aromatic heterocycles. The SMILES string of the molecule is c1ccc2[nH]c(CNc3nc4ccccc4o3)cc2c1. The standard InChI is InChI=1S/C16H13N3O/c1-2-6-13-11(5-1)9-12(18-13)10-17-16-19-14-7-3-4-8-15(14)20-16/h1-9,18H,10H2,(H,17,19). The van der Waals surface area contributed by atoms with Crippen molar-refractivity contribution < 1.29 is 4.42 Å². The number of rotatable bonds is 3. The highest BCUT2D eigenvalue weighted by molar-refractivity contribution is 5.80. The lowest BCUT2D eigenvalue weighted by Crippen LogP contribution is -1.99. The van der Waals surface area contributed by atoms with E-state index in [0.29, 0.717) is 12.6 Å². The van der Waals surface area contributed by atoms with Crippen LogP contribution >= 0.6 is 0 Å². The van der Waals surface area contributed by atoms with Crippen molar-refractivity contribution in [2.75, 3.05) is 5.32 Å². The van der Waals surface area contributed by atoms with Gasteiger partial charge in [0, 0.05) is 11.2 Å². The van der Waals surface area contributed by atoms with E-state index < -0.39 is 0 Å². The summed E-state index contributed by atoms with van der Waals surface area (Å²) in [5.41, 5.74) is 3.91. The van der Waals surface area contributed by atoms with Gasteiger partial charge in [-0.25, -0.2) is 0 Å². The lowest BCUT2D eigenvalue weighted by atomic mass is 10.2. The largest absolute Gasteiger partial charge is 0.424 e. The number of anilines is 1. The average Bonchev–Trinajstić information content (AvgIpc) is 3.07. The summed E-state index contributed by atoms with van der Waals surface area (Å²) in [6.07, 6.45) is 0. The Bertz CT molecular complexity index is 735. The summed E-state index contributed by atoms with van der Waals surface area (Å²) in [4.78, 5) is 7.76. The third-order valence-corrected chi connectivity index (χ3v) is 3.31. The van der Waals surface area contributed by atoms with E-state index in [-0.39, 0.29) is 0 Å². The molecular weight excluding hydrogens is 250 g/mol. The number of aromatic nitrogens is 2. The van der Waals surface area contributed by atoms with E-state index in [0.717, 1.165) is 22.3 Å². The fraction of sp³-hybridized carbons (Fsp3) is 0.0625. The number of hydrogen-bond donors (Lipinski definition) is 2. The van der Waals surface area contributed by atoms with Crippen LogP contribution in [0.4, 0.5) is 6.01 Å². The van der Waals surface area contributed by atoms with Crippen LogP contribution in [-0.4, -0.2) is 9.97 Å². The Morgan fingerprint density at radius 1 is 1.05 bits per heavy atom. The van der Waals surface area contributed by atoms with Gasteiger partial charge in [0.2, 0.25) is 0 Å². The first kappa shape index (κ1) is 11.1. The van der Waals surface area contributed by atoms with E-state index in [1.165, 1.54) is 5.39 Å². The Morgan fingerprint density at radius 2 is 1.90 bits per heavy atom. The van der Waals surface area contributed by atoms with Crippen LogP contribution in [0.5, 0.6) is 0 Å². The molecule has 2 aromatic carbocycles. The van der Waals surface area contributed by atoms with Crippen LogP contribution in [0.3, 0.4) is 0 Å². The van der Waals surface area contributed by atoms with Crippen LogP contribution in [-0.2, 0) is 6.54 Å². The van der Waals surface area contributed by atoms with Crippen molar-refractivity contribution in [3.63, 3.8) is 0 Å². The molecule has 2 heterocycles. The smallest absolute Gasteiger partial charge is 0.296 e. The Balaban J connectivity index is 1.57. The van der Waals surface area contributed by atoms with Crippen LogP contribution < -0.4 is 5.32 Å². The molecule has 4 heteroatoms. The minimum absolute atomic E-state index is 0.546. The van der Waals surface area contributed by atoms with Crippen LogP contribution in [0.15, 0.2) is 59.0 Å². The van der Waals surface area contributed by atoms with Crippen LogP contribution in [0.1, 0.15) is 5.69 Å². The molecule has 0 fully saturated rings. The maximum absolute atomic E-state index is 5.63. The number of nitrogens with zero attached hydrogens (tertiary/aromatic N) is 1. The molecule has 20 heavy (non-hydrogen) atoms. The van der Waals surface area contributed by atoms with Gasteiger partial charge in [0.05, 0.1) is 6.54 Å². The molecule has 0 atom stereocenters. The molecule has 2 N–H and O–H groups in total. The number of hydrogen-bond acceptors (Lipinski definition) is 3. The fourth-order valence-electron chi connectivity index (χ4n) is 2.35. The van der Waals surface area contributed by atoms with Crippen molar-refractivity contribution in [3.05, 3.63) is 60.3 Å². The van der Waals surface area contributed by atoms with Crippen LogP contribution in [0.25, 0.3) is 22.0 Å². The first-order chi connectivity index (χ1) is 9.88. The maximum Gasteiger partial charge on any atom is 0.296 e. The van der Waals surface area contributed by atoms with E-state index in [1.807, 2.05) is 36.4 Å². The molecule has 0 bridgehead atoms. The summed E-state index contributed by atoms with van der Waals surface area (Å²) in [7, 11) is 0. The van der Waals surface area contributed by atoms with Crippen molar-refractivity contribution >= 4 is 28.0 Å². The second-order valence-corrected chi connectivity index (χ2v) is 4.72. The molecule has 0 unspecified atom stereocenters. The first-order valence-corrected chi connectivity index (χ1v) is 6.54. The minimum Gasteiger partial charge on any atom is -0.424 e. The highest BCUT2D eigenvalue weighted by Gasteiger charge is 2.05. The summed E-state index contributed by atoms with van der Waals surface area (Å²) in [5, 5.41) is 4.41. The third kappa shape index (κ3) is 1.91. The molecule has 4 rings (SSSR count). The highest BCUT2D eigenvalue weighted by Crippen LogP contribution is 2.19. The van der Waals surface area contributed by atoms with Gasteiger partial charge in [-0.1, -0.05) is 30.3 Å². The van der Waals surface area contributed by atoms with Crippen molar-refractivity contribution in [1.29, 1.82) is 0 Å². The average molecular weight is 263 g/mol. The number of fused-ring (bicyclic) bond motifs is 2. The number of aromatic amines is 1. The number of benzene rings is 2. The van der Waals surface area contributed by atoms with Gasteiger partial charge < -0.3 is 14.7 Å². The Kier molecular flexibility index (Phi) is 2.45. The van der Waals surface area contributed by atoms with Gasteiger partial charge in [-0.15, -0.1) is 0 Å². The molecule has 0 saturated heterocycles. The zero-order valence-corrected chi connectivity index (χ0v) is 10.8. The van der Waals surface area contributed by atoms with Crippen molar-refractivity contribution in [1.82, 2.24) is 9.97 Å². The molecular formula is C16H13N3O. The van der Waals surface area contributed by atoms with E-state index in [1.54, 1.807) is 0 Å². The monoisotopic (exact) mass is 263 g/mol. The molecule has 0 aliphatic rings. The van der Waals surface area contributed by atoms with Gasteiger partial charge in [-0.2, -0.15) is 4.98 Å². The Hall–Kier alpha value is -2.75. The minimum atomic E-state index is 0.546. The summed E-state index contributed by atoms with van der Waals surface area (Å²) in [6.45, 7) is 0.654. The fourth-order valence-corrected chi connectivity index (χ4v) is 2.35. The summed E-state index contributed by atoms with van der Waals surface area (Å²) in [5.74, 6) is 0. The quantitative estimate of drug-likeness (QED) is 0.589. The molecule has 4 aromatic rings. The second kappa shape index (κ2) is 4.42. The maximum atomic E-state index is 5.63. The molecule has 0 saturated carbocycles. The Labute approximate surface area is 115 Å². The predicted molar refractivity (Wildman–Crippen MR) is 79.6 cm³/mol. The van der Waals surface area contributed by atoms with Crippen LogP contribution in [0, 0.1) is 0 Å². The lowest BCUT2D eigenvalue weighted by Gasteiger charge is -1.98. The van der Waals surface area contributed by atoms with Gasteiger partial charge in [0.1, 0.15) is 5.52 Å². The summed E-state index contributed by atoms with van der Waals surface area (Å²) < 4.78 is 5.63. The van der Waals surface area contributed by atoms with Gasteiger partial charge in [0.25, 0.3) is 6.01 Å². The Morgan fingerprint density at radius 3 is 2.80 bits per heavy atom. The van der Waals surface area contributed by atoms with Gasteiger partial charge in [-0.3, -0.25) is 0 Å². The molecule has 0 aliphatic carbocycles. The van der Waals surface area contributed by atoms with E-state index >= 15 is 0 Å². The lowest BCUT2D eigenvalue weighted by molar-refractivity contribution is 0.614. The van der Waals surface area contributed by atoms with Gasteiger partial charge in [-0.05, 0) is 29.7 Å². The normalized spacial score (nSPS) is 11.2. The molecule has 4 nitrogen and oxygen atoms in total. The first-order valence-electron chi connectivity index (χ1n) is 6.54. The zero-order valence-electron chi connectivity index (χ0n) is 10.8. The summed E-state index contributed by atoms with van der Waals surface area (Å²) >= 11 is 0. The van der Waals surface area contributed by atoms with Crippen molar-refractivity contribution in [2.45, 2.75) is 6.54 Å². The van der Waals surface area contributed by atoms with E-state index in [4.69, 9.17) is 4.42 Å². The van der Waals surface area contributed by atoms with Crippen molar-refractivity contribution in [2.24, 2.45) is 0 Å². The van der Waals surface area contributed by atoms with Crippen molar-refractivity contribution in [3.8, 4) is 0 Å². The highest BCUT2D eigenvalue weighted by atomic mass is 16.4. The van der Waals surface area contributed by atoms with E-state index in [2.05, 4.69) is 33.5 Å². The second-order valence-electron chi connectivity index (χ2n) is 4.72. The number of oxazole rings is 1. The van der Waals surface area contributed by atoms with Gasteiger partial charge in [0.15, 0.2) is 5.58 Å². The molecule has 98 valence electrons. The number of para-hydroxylation sites is 3. The number of nitrogens with one attached hydrogen (secondary N) is 2. The van der Waals surface area contributed by atoms with Crippen LogP contribution in [0.2, 0.25) is 0 Å². The topological polar surface area (TPSA) is 53.9 Å². The number of H-pyrrole nitrogens is 1. The van der Waals surface area contributed by atoms with E-state index in [9.17, 15) is 0 Å². The van der Waals surface area contributed by atoms with Gasteiger partial charge >= 0.3 is 0 Å². The predicted octanol–water partition coefficient (Wildman–Crippen LogP) is 3.92.